The number of carbonyl (C=O) groups excluding carboxylic acids is 2. The van der Waals surface area contributed by atoms with Gasteiger partial charge < -0.3 is 15.1 Å². The highest BCUT2D eigenvalue weighted by atomic mass is 16.2. The van der Waals surface area contributed by atoms with Crippen LogP contribution in [0, 0.1) is 0 Å². The summed E-state index contributed by atoms with van der Waals surface area (Å²) in [7, 11) is 0. The molecule has 3 aromatic rings. The van der Waals surface area contributed by atoms with Crippen molar-refractivity contribution in [2.45, 2.75) is 12.5 Å². The summed E-state index contributed by atoms with van der Waals surface area (Å²) in [5, 5.41) is 2.97. The smallest absolute Gasteiger partial charge is 0.251 e. The van der Waals surface area contributed by atoms with E-state index in [0.717, 1.165) is 24.3 Å². The van der Waals surface area contributed by atoms with E-state index in [1.807, 2.05) is 78.0 Å². The highest BCUT2D eigenvalue weighted by Gasteiger charge is 2.29. The fourth-order valence-electron chi connectivity index (χ4n) is 3.88. The Balaban J connectivity index is 1.45. The van der Waals surface area contributed by atoms with Gasteiger partial charge in [0, 0.05) is 56.0 Å². The topological polar surface area (TPSA) is 66.8 Å². The number of aromatic nitrogens is 1. The second-order valence-electron chi connectivity index (χ2n) is 7.65. The predicted molar refractivity (Wildman–Crippen MR) is 120 cm³/mol. The number of anilines is 1. The minimum atomic E-state index is -0.604. The van der Waals surface area contributed by atoms with Crippen molar-refractivity contribution >= 4 is 17.5 Å². The van der Waals surface area contributed by atoms with Gasteiger partial charge in [-0.3, -0.25) is 9.59 Å². The first-order valence-electron chi connectivity index (χ1n) is 10.6. The van der Waals surface area contributed by atoms with Crippen LogP contribution in [0.25, 0.3) is 0 Å². The molecule has 0 unspecified atom stereocenters. The fraction of sp³-hybridized carbons (Fsp3) is 0.240. The van der Waals surface area contributed by atoms with Gasteiger partial charge in [0.2, 0.25) is 5.91 Å². The average Bonchev–Trinajstić information content (AvgIpc) is 2.85. The molecule has 0 saturated carbocycles. The van der Waals surface area contributed by atoms with Crippen LogP contribution < -0.4 is 15.2 Å². The van der Waals surface area contributed by atoms with Crippen LogP contribution >= 0.6 is 0 Å². The number of pyridine rings is 1. The number of rotatable bonds is 6. The molecule has 6 nitrogen and oxygen atoms in total. The monoisotopic (exact) mass is 415 g/mol. The molecule has 158 valence electrons. The number of hydrogen-bond acceptors (Lipinski definition) is 3. The molecule has 1 atom stereocenters. The Hall–Kier alpha value is -3.67. The average molecular weight is 416 g/mol. The van der Waals surface area contributed by atoms with Crippen molar-refractivity contribution in [1.82, 2.24) is 10.2 Å². The van der Waals surface area contributed by atoms with Crippen LogP contribution in [0.2, 0.25) is 0 Å². The third kappa shape index (κ3) is 5.28. The maximum Gasteiger partial charge on any atom is 0.251 e. The highest BCUT2D eigenvalue weighted by molar-refractivity contribution is 5.97. The van der Waals surface area contributed by atoms with E-state index in [9.17, 15) is 9.59 Å². The van der Waals surface area contributed by atoms with Crippen LogP contribution in [-0.2, 0) is 11.2 Å². The summed E-state index contributed by atoms with van der Waals surface area (Å²) >= 11 is 0. The molecule has 0 spiro atoms. The largest absolute Gasteiger partial charge is 0.368 e. The number of amides is 2. The Kier molecular flexibility index (Phi) is 6.57. The van der Waals surface area contributed by atoms with Gasteiger partial charge in [-0.2, -0.15) is 0 Å². The van der Waals surface area contributed by atoms with Crippen LogP contribution in [-0.4, -0.2) is 48.9 Å². The lowest BCUT2D eigenvalue weighted by atomic mass is 10.0. The van der Waals surface area contributed by atoms with Crippen LogP contribution in [0.15, 0.2) is 85.2 Å². The van der Waals surface area contributed by atoms with E-state index in [-0.39, 0.29) is 11.8 Å². The Morgan fingerprint density at radius 3 is 2.10 bits per heavy atom. The van der Waals surface area contributed by atoms with Gasteiger partial charge in [-0.25, -0.2) is 4.98 Å². The predicted octanol–water partition coefficient (Wildman–Crippen LogP) is 2.19. The molecular weight excluding hydrogens is 388 g/mol. The molecule has 31 heavy (non-hydrogen) atoms. The molecule has 1 fully saturated rings. The van der Waals surface area contributed by atoms with E-state index in [2.05, 4.69) is 15.2 Å². The highest BCUT2D eigenvalue weighted by Crippen LogP contribution is 2.16. The molecule has 0 aliphatic carbocycles. The zero-order chi connectivity index (χ0) is 21.5. The maximum atomic E-state index is 13.4. The lowest BCUT2D eigenvalue weighted by Crippen LogP contribution is -2.55. The maximum absolute atomic E-state index is 13.4. The fourth-order valence-corrected chi connectivity index (χ4v) is 3.88. The van der Waals surface area contributed by atoms with Crippen LogP contribution in [0.1, 0.15) is 15.9 Å². The minimum Gasteiger partial charge on any atom is -0.368 e. The molecule has 2 aromatic carbocycles. The number of carbonyl (C=O) groups is 2. The van der Waals surface area contributed by atoms with E-state index in [0.29, 0.717) is 25.1 Å². The molecule has 6 heteroatoms. The third-order valence-corrected chi connectivity index (χ3v) is 5.58. The number of aromatic amines is 1. The number of H-pyrrole nitrogens is 1. The Morgan fingerprint density at radius 2 is 1.45 bits per heavy atom. The second kappa shape index (κ2) is 9.89. The van der Waals surface area contributed by atoms with E-state index in [1.54, 1.807) is 12.1 Å². The summed E-state index contributed by atoms with van der Waals surface area (Å²) in [5.41, 5.74) is 2.72. The first-order chi connectivity index (χ1) is 15.2. The van der Waals surface area contributed by atoms with E-state index >= 15 is 0 Å². The van der Waals surface area contributed by atoms with E-state index < -0.39 is 6.04 Å². The van der Waals surface area contributed by atoms with Crippen molar-refractivity contribution in [3.8, 4) is 0 Å². The van der Waals surface area contributed by atoms with Crippen LogP contribution in [0.5, 0.6) is 0 Å². The molecule has 1 aromatic heterocycles. The molecule has 1 saturated heterocycles. The number of nitrogens with one attached hydrogen (secondary N) is 2. The van der Waals surface area contributed by atoms with Gasteiger partial charge in [-0.15, -0.1) is 0 Å². The summed E-state index contributed by atoms with van der Waals surface area (Å²) in [6.45, 7) is 2.79. The van der Waals surface area contributed by atoms with Gasteiger partial charge in [0.25, 0.3) is 5.91 Å². The zero-order valence-electron chi connectivity index (χ0n) is 17.4. The Bertz CT molecular complexity index is 988. The molecular formula is C25H27N4O2+. The number of benzene rings is 2. The molecule has 1 aliphatic rings. The van der Waals surface area contributed by atoms with Gasteiger partial charge in [0.1, 0.15) is 6.04 Å². The SMILES string of the molecule is O=C(N[C@H](Cc1ccccc1)C(=O)N1CCN(c2cc[nH+]cc2)CC1)c1ccccc1. The van der Waals surface area contributed by atoms with Gasteiger partial charge >= 0.3 is 0 Å². The summed E-state index contributed by atoms with van der Waals surface area (Å²) < 4.78 is 0. The van der Waals surface area contributed by atoms with Crippen molar-refractivity contribution in [2.75, 3.05) is 31.1 Å². The molecule has 2 heterocycles. The van der Waals surface area contributed by atoms with Crippen molar-refractivity contribution in [1.29, 1.82) is 0 Å². The Labute approximate surface area is 182 Å². The van der Waals surface area contributed by atoms with Crippen LogP contribution in [0.3, 0.4) is 0 Å². The minimum absolute atomic E-state index is 0.0332. The Morgan fingerprint density at radius 1 is 0.839 bits per heavy atom. The molecule has 2 N–H and O–H groups in total. The van der Waals surface area contributed by atoms with Crippen molar-refractivity contribution in [3.05, 3.63) is 96.3 Å². The van der Waals surface area contributed by atoms with E-state index in [1.165, 1.54) is 0 Å². The normalized spacial score (nSPS) is 14.7. The number of hydrogen-bond donors (Lipinski definition) is 1. The summed E-state index contributed by atoms with van der Waals surface area (Å²) in [4.78, 5) is 33.3. The quantitative estimate of drug-likeness (QED) is 0.671. The van der Waals surface area contributed by atoms with Gasteiger partial charge in [0.05, 0.1) is 0 Å². The zero-order valence-corrected chi connectivity index (χ0v) is 17.4. The molecule has 2 amide bonds. The van der Waals surface area contributed by atoms with Gasteiger partial charge in [-0.05, 0) is 17.7 Å². The lowest BCUT2D eigenvalue weighted by Gasteiger charge is -2.37. The molecule has 0 radical (unpaired) electrons. The number of piperazine rings is 1. The van der Waals surface area contributed by atoms with Crippen LogP contribution in [0.4, 0.5) is 5.69 Å². The molecule has 4 rings (SSSR count). The van der Waals surface area contributed by atoms with Gasteiger partial charge in [-0.1, -0.05) is 48.5 Å². The first-order valence-corrected chi connectivity index (χ1v) is 10.6. The summed E-state index contributed by atoms with van der Waals surface area (Å²) in [6, 6.07) is 22.3. The third-order valence-electron chi connectivity index (χ3n) is 5.58. The molecule has 1 aliphatic heterocycles. The first kappa shape index (κ1) is 20.6. The summed E-state index contributed by atoms with van der Waals surface area (Å²) in [6.07, 6.45) is 4.27. The van der Waals surface area contributed by atoms with E-state index in [4.69, 9.17) is 0 Å². The second-order valence-corrected chi connectivity index (χ2v) is 7.65. The molecule has 0 bridgehead atoms. The van der Waals surface area contributed by atoms with Crippen molar-refractivity contribution in [3.63, 3.8) is 0 Å². The van der Waals surface area contributed by atoms with Crippen molar-refractivity contribution < 1.29 is 14.6 Å². The lowest BCUT2D eigenvalue weighted by molar-refractivity contribution is -0.377. The van der Waals surface area contributed by atoms with Gasteiger partial charge in [0.15, 0.2) is 12.4 Å². The summed E-state index contributed by atoms with van der Waals surface area (Å²) in [5.74, 6) is -0.261. The van der Waals surface area contributed by atoms with Crippen molar-refractivity contribution in [2.24, 2.45) is 0 Å². The standard InChI is InChI=1S/C25H26N4O2/c30-24(21-9-5-2-6-10-21)27-23(19-20-7-3-1-4-8-20)25(31)29-17-15-28(16-18-29)22-11-13-26-14-12-22/h1-14,23H,15-19H2,(H,27,30)/p+1/t23-/m1/s1. The number of nitrogens with zero attached hydrogens (tertiary/aromatic N) is 2.